The second kappa shape index (κ2) is 6.01. The van der Waals surface area contributed by atoms with Gasteiger partial charge in [0.25, 0.3) is 0 Å². The molecule has 1 unspecified atom stereocenters. The van der Waals surface area contributed by atoms with E-state index < -0.39 is 5.41 Å². The minimum absolute atomic E-state index is 0.420. The van der Waals surface area contributed by atoms with Crippen molar-refractivity contribution in [2.75, 3.05) is 0 Å². The van der Waals surface area contributed by atoms with Crippen molar-refractivity contribution in [2.45, 2.75) is 5.41 Å². The first kappa shape index (κ1) is 17.6. The van der Waals surface area contributed by atoms with Gasteiger partial charge in [0.2, 0.25) is 0 Å². The van der Waals surface area contributed by atoms with Crippen molar-refractivity contribution < 1.29 is 0 Å². The summed E-state index contributed by atoms with van der Waals surface area (Å²) in [7, 11) is 0. The van der Waals surface area contributed by atoms with Crippen molar-refractivity contribution in [1.29, 1.82) is 0 Å². The van der Waals surface area contributed by atoms with Crippen molar-refractivity contribution in [3.63, 3.8) is 0 Å². The van der Waals surface area contributed by atoms with Crippen LogP contribution in [-0.4, -0.2) is 0 Å². The Morgan fingerprint density at radius 1 is 0.484 bits per heavy atom. The molecule has 7 rings (SSSR count). The molecule has 0 nitrogen and oxygen atoms in total. The maximum atomic E-state index is 6.83. The molecule has 5 aromatic rings. The summed E-state index contributed by atoms with van der Waals surface area (Å²) in [5.74, 6) is 0. The lowest BCUT2D eigenvalue weighted by Crippen LogP contribution is -2.25. The molecule has 2 heteroatoms. The molecule has 0 N–H and O–H groups in total. The lowest BCUT2D eigenvalue weighted by molar-refractivity contribution is 0.795. The molecule has 0 bridgehead atoms. The number of hydrogen-bond donors (Lipinski definition) is 0. The molecule has 5 aromatic carbocycles. The van der Waals surface area contributed by atoms with E-state index in [-0.39, 0.29) is 0 Å². The van der Waals surface area contributed by atoms with Crippen LogP contribution in [0, 0.1) is 0 Å². The highest BCUT2D eigenvalue weighted by Gasteiger charge is 2.52. The predicted molar refractivity (Wildman–Crippen MR) is 130 cm³/mol. The predicted octanol–water partition coefficient (Wildman–Crippen LogP) is 8.49. The van der Waals surface area contributed by atoms with Gasteiger partial charge >= 0.3 is 0 Å². The van der Waals surface area contributed by atoms with Crippen LogP contribution in [0.25, 0.3) is 33.0 Å². The average Bonchev–Trinajstić information content (AvgIpc) is 3.24. The van der Waals surface area contributed by atoms with E-state index in [9.17, 15) is 0 Å². The third-order valence-corrected chi connectivity index (χ3v) is 7.49. The lowest BCUT2D eigenvalue weighted by atomic mass is 9.70. The molecule has 1 spiro atoms. The molecule has 0 heterocycles. The third kappa shape index (κ3) is 2.07. The maximum absolute atomic E-state index is 6.83. The van der Waals surface area contributed by atoms with Crippen molar-refractivity contribution in [3.05, 3.63) is 129 Å². The van der Waals surface area contributed by atoms with E-state index >= 15 is 0 Å². The van der Waals surface area contributed by atoms with Gasteiger partial charge in [0.05, 0.1) is 10.4 Å². The summed E-state index contributed by atoms with van der Waals surface area (Å²) in [6, 6.07) is 34.7. The molecule has 31 heavy (non-hydrogen) atoms. The standard InChI is InChI=1S/C29H16Cl2/c30-19-15-26-28(27(31)16-19)21-10-4-6-12-24(21)29(26)23-11-5-3-9-20(23)22-13-17-7-1-2-8-18(17)14-25(22)29/h1-16H. The van der Waals surface area contributed by atoms with E-state index in [4.69, 9.17) is 23.2 Å². The first-order valence-corrected chi connectivity index (χ1v) is 11.2. The fraction of sp³-hybridized carbons (Fsp3) is 0.0345. The van der Waals surface area contributed by atoms with E-state index in [0.717, 1.165) is 5.56 Å². The number of halogens is 2. The zero-order chi connectivity index (χ0) is 20.7. The summed E-state index contributed by atoms with van der Waals surface area (Å²) < 4.78 is 0. The summed E-state index contributed by atoms with van der Waals surface area (Å²) in [5.41, 5.74) is 9.48. The number of rotatable bonds is 0. The van der Waals surface area contributed by atoms with Gasteiger partial charge in [-0.1, -0.05) is 96.0 Å². The largest absolute Gasteiger partial charge is 0.0843 e. The quantitative estimate of drug-likeness (QED) is 0.224. The molecule has 0 amide bonds. The molecular weight excluding hydrogens is 419 g/mol. The van der Waals surface area contributed by atoms with Crippen LogP contribution in [-0.2, 0) is 5.41 Å². The van der Waals surface area contributed by atoms with E-state index in [1.165, 1.54) is 49.7 Å². The second-order valence-corrected chi connectivity index (χ2v) is 9.24. The van der Waals surface area contributed by atoms with Crippen molar-refractivity contribution in [3.8, 4) is 22.3 Å². The fourth-order valence-corrected chi connectivity index (χ4v) is 6.46. The van der Waals surface area contributed by atoms with Crippen LogP contribution in [0.3, 0.4) is 0 Å². The molecule has 2 aliphatic rings. The maximum Gasteiger partial charge on any atom is 0.0726 e. The highest BCUT2D eigenvalue weighted by atomic mass is 35.5. The summed E-state index contributed by atoms with van der Waals surface area (Å²) in [5, 5.41) is 3.87. The normalized spacial score (nSPS) is 17.5. The number of benzene rings is 5. The SMILES string of the molecule is Clc1cc(Cl)c2c(c1)C1(c3ccccc3-c3cc4ccccc4cc31)c1ccccc1-2. The molecule has 1 atom stereocenters. The molecule has 0 radical (unpaired) electrons. The molecular formula is C29H16Cl2. The Morgan fingerprint density at radius 2 is 1.10 bits per heavy atom. The molecule has 146 valence electrons. The Kier molecular flexibility index (Phi) is 3.41. The number of hydrogen-bond acceptors (Lipinski definition) is 0. The van der Waals surface area contributed by atoms with Gasteiger partial charge in [-0.15, -0.1) is 0 Å². The Labute approximate surface area is 190 Å². The van der Waals surface area contributed by atoms with Crippen molar-refractivity contribution >= 4 is 34.0 Å². The Bertz CT molecular complexity index is 1560. The highest BCUT2D eigenvalue weighted by molar-refractivity contribution is 6.37. The zero-order valence-electron chi connectivity index (χ0n) is 16.5. The Balaban J connectivity index is 1.75. The van der Waals surface area contributed by atoms with Crippen LogP contribution in [0.15, 0.2) is 97.1 Å². The molecule has 2 aliphatic carbocycles. The number of fused-ring (bicyclic) bond motifs is 11. The first-order valence-electron chi connectivity index (χ1n) is 10.4. The van der Waals surface area contributed by atoms with Gasteiger partial charge in [-0.05, 0) is 74.0 Å². The monoisotopic (exact) mass is 434 g/mol. The summed E-state index contributed by atoms with van der Waals surface area (Å²) >= 11 is 13.4. The van der Waals surface area contributed by atoms with E-state index in [2.05, 4.69) is 91.0 Å². The van der Waals surface area contributed by atoms with Crippen LogP contribution >= 0.6 is 23.2 Å². The van der Waals surface area contributed by atoms with Crippen molar-refractivity contribution in [2.24, 2.45) is 0 Å². The van der Waals surface area contributed by atoms with Crippen LogP contribution in [0.4, 0.5) is 0 Å². The van der Waals surface area contributed by atoms with Crippen molar-refractivity contribution in [1.82, 2.24) is 0 Å². The summed E-state index contributed by atoms with van der Waals surface area (Å²) in [6.07, 6.45) is 0. The zero-order valence-corrected chi connectivity index (χ0v) is 18.0. The van der Waals surface area contributed by atoms with Crippen LogP contribution in [0.1, 0.15) is 22.3 Å². The lowest BCUT2D eigenvalue weighted by Gasteiger charge is -2.30. The fourth-order valence-electron chi connectivity index (χ4n) is 5.86. The van der Waals surface area contributed by atoms with Gasteiger partial charge in [-0.3, -0.25) is 0 Å². The summed E-state index contributed by atoms with van der Waals surface area (Å²) in [6.45, 7) is 0. The second-order valence-electron chi connectivity index (χ2n) is 8.40. The van der Waals surface area contributed by atoms with Gasteiger partial charge in [0.15, 0.2) is 0 Å². The van der Waals surface area contributed by atoms with E-state index in [1.54, 1.807) is 0 Å². The molecule has 0 fully saturated rings. The van der Waals surface area contributed by atoms with E-state index in [0.29, 0.717) is 10.0 Å². The summed E-state index contributed by atoms with van der Waals surface area (Å²) in [4.78, 5) is 0. The van der Waals surface area contributed by atoms with Crippen LogP contribution in [0.2, 0.25) is 10.0 Å². The van der Waals surface area contributed by atoms with Crippen LogP contribution < -0.4 is 0 Å². The smallest absolute Gasteiger partial charge is 0.0726 e. The topological polar surface area (TPSA) is 0 Å². The minimum Gasteiger partial charge on any atom is -0.0843 e. The molecule has 0 saturated carbocycles. The van der Waals surface area contributed by atoms with Gasteiger partial charge < -0.3 is 0 Å². The minimum atomic E-state index is -0.420. The highest BCUT2D eigenvalue weighted by Crippen LogP contribution is 2.64. The van der Waals surface area contributed by atoms with Gasteiger partial charge in [-0.25, -0.2) is 0 Å². The average molecular weight is 435 g/mol. The third-order valence-electron chi connectivity index (χ3n) is 6.97. The molecule has 0 aromatic heterocycles. The Hall–Kier alpha value is -3.06. The molecule has 0 aliphatic heterocycles. The van der Waals surface area contributed by atoms with Gasteiger partial charge in [0, 0.05) is 10.6 Å². The first-order chi connectivity index (χ1) is 15.2. The Morgan fingerprint density at radius 3 is 1.87 bits per heavy atom. The van der Waals surface area contributed by atoms with Crippen LogP contribution in [0.5, 0.6) is 0 Å². The van der Waals surface area contributed by atoms with Gasteiger partial charge in [-0.2, -0.15) is 0 Å². The van der Waals surface area contributed by atoms with E-state index in [1.807, 2.05) is 6.07 Å². The van der Waals surface area contributed by atoms with Gasteiger partial charge in [0.1, 0.15) is 0 Å². The molecule has 0 saturated heterocycles.